The molecule has 4 nitrogen and oxygen atoms in total. The van der Waals surface area contributed by atoms with Gasteiger partial charge in [0.05, 0.1) is 0 Å². The summed E-state index contributed by atoms with van der Waals surface area (Å²) in [5.41, 5.74) is 0.983. The van der Waals surface area contributed by atoms with Gasteiger partial charge in [0.15, 0.2) is 0 Å². The maximum atomic E-state index is 9.89. The van der Waals surface area contributed by atoms with E-state index in [-0.39, 0.29) is 11.5 Å². The van der Waals surface area contributed by atoms with Crippen molar-refractivity contribution in [3.05, 3.63) is 34.1 Å². The van der Waals surface area contributed by atoms with E-state index in [2.05, 4.69) is 4.98 Å². The van der Waals surface area contributed by atoms with Crippen LogP contribution in [-0.4, -0.2) is 16.5 Å². The molecular weight excluding hydrogens is 132 g/mol. The minimum atomic E-state index is -0.312. The molecule has 4 heteroatoms. The summed E-state index contributed by atoms with van der Waals surface area (Å²) in [6, 6.07) is 1.84. The average molecular weight is 140 g/mol. The standard InChI is InChI=1S/C6H8N2O2/c9-8(10)4-2-6-1-3-7-5-6/h1,3,5,7H,2,4H2. The van der Waals surface area contributed by atoms with E-state index in [0.29, 0.717) is 6.42 Å². The van der Waals surface area contributed by atoms with E-state index in [1.807, 2.05) is 6.07 Å². The molecule has 1 aromatic rings. The molecule has 0 radical (unpaired) electrons. The Labute approximate surface area is 58.0 Å². The van der Waals surface area contributed by atoms with Crippen LogP contribution in [0.5, 0.6) is 0 Å². The quantitative estimate of drug-likeness (QED) is 0.499. The molecule has 1 aromatic heterocycles. The van der Waals surface area contributed by atoms with Crippen molar-refractivity contribution < 1.29 is 4.92 Å². The van der Waals surface area contributed by atoms with Crippen LogP contribution in [0, 0.1) is 10.1 Å². The molecule has 0 saturated carbocycles. The number of hydrogen-bond donors (Lipinski definition) is 1. The van der Waals surface area contributed by atoms with E-state index >= 15 is 0 Å². The summed E-state index contributed by atoms with van der Waals surface area (Å²) in [6.07, 6.45) is 4.04. The highest BCUT2D eigenvalue weighted by Gasteiger charge is 1.98. The summed E-state index contributed by atoms with van der Waals surface area (Å²) in [7, 11) is 0. The van der Waals surface area contributed by atoms with E-state index in [9.17, 15) is 10.1 Å². The van der Waals surface area contributed by atoms with Gasteiger partial charge in [-0.3, -0.25) is 10.1 Å². The van der Waals surface area contributed by atoms with Crippen molar-refractivity contribution in [2.75, 3.05) is 6.54 Å². The van der Waals surface area contributed by atoms with Crippen LogP contribution in [0.1, 0.15) is 5.56 Å². The van der Waals surface area contributed by atoms with E-state index in [1.54, 1.807) is 12.4 Å². The van der Waals surface area contributed by atoms with Gasteiger partial charge >= 0.3 is 0 Å². The molecule has 0 amide bonds. The van der Waals surface area contributed by atoms with Crippen molar-refractivity contribution in [3.63, 3.8) is 0 Å². The summed E-state index contributed by atoms with van der Waals surface area (Å²) in [6.45, 7) is 0.0118. The molecule has 0 fully saturated rings. The maximum absolute atomic E-state index is 9.89. The Kier molecular flexibility index (Phi) is 2.04. The van der Waals surface area contributed by atoms with Crippen LogP contribution in [0.2, 0.25) is 0 Å². The largest absolute Gasteiger partial charge is 0.367 e. The van der Waals surface area contributed by atoms with E-state index in [4.69, 9.17) is 0 Å². The van der Waals surface area contributed by atoms with Crippen LogP contribution < -0.4 is 0 Å². The zero-order valence-electron chi connectivity index (χ0n) is 5.41. The third-order valence-corrected chi connectivity index (χ3v) is 1.25. The van der Waals surface area contributed by atoms with Crippen molar-refractivity contribution in [1.29, 1.82) is 0 Å². The van der Waals surface area contributed by atoms with Gasteiger partial charge in [-0.05, 0) is 11.6 Å². The van der Waals surface area contributed by atoms with Crippen molar-refractivity contribution in [2.45, 2.75) is 6.42 Å². The second kappa shape index (κ2) is 3.00. The van der Waals surface area contributed by atoms with Crippen molar-refractivity contribution in [3.8, 4) is 0 Å². The minimum Gasteiger partial charge on any atom is -0.367 e. The highest BCUT2D eigenvalue weighted by atomic mass is 16.6. The summed E-state index contributed by atoms with van der Waals surface area (Å²) in [5, 5.41) is 9.89. The lowest BCUT2D eigenvalue weighted by Gasteiger charge is -1.88. The zero-order valence-corrected chi connectivity index (χ0v) is 5.41. The topological polar surface area (TPSA) is 58.9 Å². The van der Waals surface area contributed by atoms with Crippen LogP contribution in [-0.2, 0) is 6.42 Å². The second-order valence-electron chi connectivity index (χ2n) is 2.03. The smallest absolute Gasteiger partial charge is 0.207 e. The first-order valence-corrected chi connectivity index (χ1v) is 3.02. The third kappa shape index (κ3) is 1.89. The zero-order chi connectivity index (χ0) is 7.40. The highest BCUT2D eigenvalue weighted by molar-refractivity contribution is 5.07. The lowest BCUT2D eigenvalue weighted by atomic mass is 10.2. The Hall–Kier alpha value is -1.32. The fraction of sp³-hybridized carbons (Fsp3) is 0.333. The number of hydrogen-bond acceptors (Lipinski definition) is 2. The fourth-order valence-electron chi connectivity index (χ4n) is 0.734. The molecule has 0 saturated heterocycles. The first-order chi connectivity index (χ1) is 4.79. The first kappa shape index (κ1) is 6.80. The van der Waals surface area contributed by atoms with Crippen molar-refractivity contribution in [2.24, 2.45) is 0 Å². The number of nitrogens with one attached hydrogen (secondary N) is 1. The van der Waals surface area contributed by atoms with E-state index in [0.717, 1.165) is 5.56 Å². The maximum Gasteiger partial charge on any atom is 0.207 e. The molecule has 54 valence electrons. The Morgan fingerprint density at radius 2 is 2.50 bits per heavy atom. The van der Waals surface area contributed by atoms with Gasteiger partial charge in [0, 0.05) is 23.7 Å². The molecule has 0 aliphatic rings. The van der Waals surface area contributed by atoms with Crippen LogP contribution in [0.25, 0.3) is 0 Å². The Balaban J connectivity index is 2.35. The average Bonchev–Trinajstić information content (AvgIpc) is 2.34. The van der Waals surface area contributed by atoms with Crippen LogP contribution >= 0.6 is 0 Å². The number of nitro groups is 1. The van der Waals surface area contributed by atoms with Gasteiger partial charge < -0.3 is 4.98 Å². The Bertz CT molecular complexity index is 206. The number of H-pyrrole nitrogens is 1. The Morgan fingerprint density at radius 3 is 3.00 bits per heavy atom. The molecule has 10 heavy (non-hydrogen) atoms. The third-order valence-electron chi connectivity index (χ3n) is 1.25. The van der Waals surface area contributed by atoms with Crippen LogP contribution in [0.15, 0.2) is 18.5 Å². The molecular formula is C6H8N2O2. The van der Waals surface area contributed by atoms with Gasteiger partial charge in [-0.1, -0.05) is 0 Å². The molecule has 1 heterocycles. The number of nitrogens with zero attached hydrogens (tertiary/aromatic N) is 1. The predicted molar refractivity (Wildman–Crippen MR) is 36.4 cm³/mol. The molecule has 0 aromatic carbocycles. The lowest BCUT2D eigenvalue weighted by Crippen LogP contribution is -2.02. The number of aromatic nitrogens is 1. The molecule has 0 bridgehead atoms. The molecule has 1 N–H and O–H groups in total. The summed E-state index contributed by atoms with van der Waals surface area (Å²) in [4.78, 5) is 12.4. The summed E-state index contributed by atoms with van der Waals surface area (Å²) < 4.78 is 0. The molecule has 0 atom stereocenters. The highest BCUT2D eigenvalue weighted by Crippen LogP contribution is 1.96. The van der Waals surface area contributed by atoms with E-state index < -0.39 is 0 Å². The van der Waals surface area contributed by atoms with Gasteiger partial charge in [0.25, 0.3) is 0 Å². The monoisotopic (exact) mass is 140 g/mol. The molecule has 0 spiro atoms. The molecule has 0 unspecified atom stereocenters. The minimum absolute atomic E-state index is 0.0118. The van der Waals surface area contributed by atoms with Gasteiger partial charge in [-0.2, -0.15) is 0 Å². The van der Waals surface area contributed by atoms with Gasteiger partial charge in [0.2, 0.25) is 6.54 Å². The van der Waals surface area contributed by atoms with Gasteiger partial charge in [-0.15, -0.1) is 0 Å². The molecule has 1 rings (SSSR count). The predicted octanol–water partition coefficient (Wildman–Crippen LogP) is 0.834. The van der Waals surface area contributed by atoms with Gasteiger partial charge in [0.1, 0.15) is 0 Å². The summed E-state index contributed by atoms with van der Waals surface area (Å²) in [5.74, 6) is 0. The number of rotatable bonds is 3. The fourth-order valence-corrected chi connectivity index (χ4v) is 0.734. The Morgan fingerprint density at radius 1 is 1.70 bits per heavy atom. The SMILES string of the molecule is O=[N+]([O-])CCc1cc[nH]c1. The second-order valence-corrected chi connectivity index (χ2v) is 2.03. The normalized spacial score (nSPS) is 9.60. The number of aromatic amines is 1. The van der Waals surface area contributed by atoms with E-state index in [1.165, 1.54) is 0 Å². The summed E-state index contributed by atoms with van der Waals surface area (Å²) >= 11 is 0. The van der Waals surface area contributed by atoms with Crippen LogP contribution in [0.3, 0.4) is 0 Å². The van der Waals surface area contributed by atoms with Crippen molar-refractivity contribution >= 4 is 0 Å². The molecule has 0 aliphatic carbocycles. The van der Waals surface area contributed by atoms with Crippen LogP contribution in [0.4, 0.5) is 0 Å². The molecule has 0 aliphatic heterocycles. The van der Waals surface area contributed by atoms with Gasteiger partial charge in [-0.25, -0.2) is 0 Å². The lowest BCUT2D eigenvalue weighted by molar-refractivity contribution is -0.479. The van der Waals surface area contributed by atoms with Crippen molar-refractivity contribution in [1.82, 2.24) is 4.98 Å². The first-order valence-electron chi connectivity index (χ1n) is 3.02.